The molecule has 1 aromatic carbocycles. The summed E-state index contributed by atoms with van der Waals surface area (Å²) in [5.41, 5.74) is 0.495. The number of nitrogens with zero attached hydrogens (tertiary/aromatic N) is 2. The molecule has 1 aromatic rings. The van der Waals surface area contributed by atoms with Crippen LogP contribution in [0.2, 0.25) is 0 Å². The van der Waals surface area contributed by atoms with Gasteiger partial charge in [-0.05, 0) is 32.4 Å². The number of carbonyl (C=O) groups excluding carboxylic acids is 1. The molecule has 0 aliphatic carbocycles. The van der Waals surface area contributed by atoms with Crippen LogP contribution in [0.4, 0.5) is 5.69 Å². The van der Waals surface area contributed by atoms with Crippen molar-refractivity contribution in [2.75, 3.05) is 33.4 Å². The molecule has 126 valence electrons. The fraction of sp³-hybridized carbons (Fsp3) is 0.562. The molecule has 0 spiro atoms. The summed E-state index contributed by atoms with van der Waals surface area (Å²) in [7, 11) is 1.67. The molecule has 0 unspecified atom stereocenters. The van der Waals surface area contributed by atoms with Gasteiger partial charge in [-0.1, -0.05) is 12.1 Å². The highest BCUT2D eigenvalue weighted by molar-refractivity contribution is 5.98. The summed E-state index contributed by atoms with van der Waals surface area (Å²) < 4.78 is 5.10. The van der Waals surface area contributed by atoms with Crippen molar-refractivity contribution in [1.82, 2.24) is 10.2 Å². The molecule has 1 atom stereocenters. The predicted octanol–water partition coefficient (Wildman–Crippen LogP) is 1.74. The van der Waals surface area contributed by atoms with E-state index in [1.54, 1.807) is 26.2 Å². The van der Waals surface area contributed by atoms with Crippen LogP contribution in [0.15, 0.2) is 18.2 Å². The van der Waals surface area contributed by atoms with Gasteiger partial charge in [0.25, 0.3) is 11.6 Å². The van der Waals surface area contributed by atoms with Crippen molar-refractivity contribution >= 4 is 11.6 Å². The highest BCUT2D eigenvalue weighted by atomic mass is 16.6. The average molecular weight is 321 g/mol. The Labute approximate surface area is 135 Å². The Morgan fingerprint density at radius 3 is 3.00 bits per heavy atom. The van der Waals surface area contributed by atoms with E-state index in [0.29, 0.717) is 18.7 Å². The number of carbonyl (C=O) groups is 1. The Hall–Kier alpha value is -1.99. The highest BCUT2D eigenvalue weighted by Crippen LogP contribution is 2.23. The Morgan fingerprint density at radius 1 is 1.52 bits per heavy atom. The van der Waals surface area contributed by atoms with Crippen LogP contribution in [0.1, 0.15) is 28.8 Å². The van der Waals surface area contributed by atoms with E-state index in [1.807, 2.05) is 0 Å². The SMILES string of the molecule is COCCN1CCC[C@@H]1CNC(=O)c1cccc(C)c1[N+](=O)[O-]. The van der Waals surface area contributed by atoms with E-state index in [0.717, 1.165) is 25.9 Å². The fourth-order valence-corrected chi connectivity index (χ4v) is 3.02. The van der Waals surface area contributed by atoms with Crippen LogP contribution >= 0.6 is 0 Å². The second-order valence-corrected chi connectivity index (χ2v) is 5.76. The molecular weight excluding hydrogens is 298 g/mol. The maximum absolute atomic E-state index is 12.3. The van der Waals surface area contributed by atoms with Crippen molar-refractivity contribution in [2.24, 2.45) is 0 Å². The van der Waals surface area contributed by atoms with E-state index in [4.69, 9.17) is 4.74 Å². The average Bonchev–Trinajstić information content (AvgIpc) is 2.97. The summed E-state index contributed by atoms with van der Waals surface area (Å²) in [5, 5.41) is 14.0. The van der Waals surface area contributed by atoms with Crippen molar-refractivity contribution < 1.29 is 14.5 Å². The number of nitro benzene ring substituents is 1. The number of rotatable bonds is 7. The lowest BCUT2D eigenvalue weighted by Crippen LogP contribution is -2.41. The number of nitro groups is 1. The first-order valence-electron chi connectivity index (χ1n) is 7.79. The Balaban J connectivity index is 2.00. The van der Waals surface area contributed by atoms with Gasteiger partial charge in [0.2, 0.25) is 0 Å². The number of hydrogen-bond donors (Lipinski definition) is 1. The van der Waals surface area contributed by atoms with Gasteiger partial charge < -0.3 is 10.1 Å². The number of amides is 1. The van der Waals surface area contributed by atoms with Crippen LogP contribution in [0.3, 0.4) is 0 Å². The maximum atomic E-state index is 12.3. The van der Waals surface area contributed by atoms with Gasteiger partial charge in [0, 0.05) is 31.8 Å². The van der Waals surface area contributed by atoms with E-state index in [9.17, 15) is 14.9 Å². The first-order valence-corrected chi connectivity index (χ1v) is 7.79. The summed E-state index contributed by atoms with van der Waals surface area (Å²) >= 11 is 0. The molecule has 2 rings (SSSR count). The smallest absolute Gasteiger partial charge is 0.285 e. The Kier molecular flexibility index (Phi) is 6.06. The van der Waals surface area contributed by atoms with Crippen molar-refractivity contribution in [3.8, 4) is 0 Å². The highest BCUT2D eigenvalue weighted by Gasteiger charge is 2.26. The zero-order valence-electron chi connectivity index (χ0n) is 13.6. The summed E-state index contributed by atoms with van der Waals surface area (Å²) in [6, 6.07) is 5.06. The van der Waals surface area contributed by atoms with Crippen LogP contribution in [0.5, 0.6) is 0 Å². The number of para-hydroxylation sites is 1. The lowest BCUT2D eigenvalue weighted by molar-refractivity contribution is -0.385. The lowest BCUT2D eigenvalue weighted by atomic mass is 10.1. The zero-order valence-corrected chi connectivity index (χ0v) is 13.6. The van der Waals surface area contributed by atoms with Gasteiger partial charge >= 0.3 is 0 Å². The Bertz CT molecular complexity index is 576. The van der Waals surface area contributed by atoms with Crippen LogP contribution in [0, 0.1) is 17.0 Å². The molecular formula is C16H23N3O4. The van der Waals surface area contributed by atoms with Crippen LogP contribution in [-0.2, 0) is 4.74 Å². The van der Waals surface area contributed by atoms with Crippen molar-refractivity contribution in [3.63, 3.8) is 0 Å². The summed E-state index contributed by atoms with van der Waals surface area (Å²) in [6.07, 6.45) is 2.11. The standard InChI is InChI=1S/C16H23N3O4/c1-12-5-3-7-14(15(12)19(21)22)16(20)17-11-13-6-4-8-18(13)9-10-23-2/h3,5,7,13H,4,6,8-11H2,1-2H3,(H,17,20)/t13-/m1/s1. The number of likely N-dealkylation sites (tertiary alicyclic amines) is 1. The van der Waals surface area contributed by atoms with Gasteiger partial charge in [0.1, 0.15) is 5.56 Å². The van der Waals surface area contributed by atoms with Crippen molar-refractivity contribution in [3.05, 3.63) is 39.4 Å². The molecule has 7 nitrogen and oxygen atoms in total. The van der Waals surface area contributed by atoms with E-state index in [1.165, 1.54) is 6.07 Å². The minimum Gasteiger partial charge on any atom is -0.383 e. The minimum atomic E-state index is -0.495. The molecule has 1 aliphatic heterocycles. The molecule has 1 heterocycles. The number of methoxy groups -OCH3 is 1. The van der Waals surface area contributed by atoms with Gasteiger partial charge in [0.15, 0.2) is 0 Å². The van der Waals surface area contributed by atoms with Crippen molar-refractivity contribution in [2.45, 2.75) is 25.8 Å². The second-order valence-electron chi connectivity index (χ2n) is 5.76. The lowest BCUT2D eigenvalue weighted by Gasteiger charge is -2.24. The third-order valence-corrected chi connectivity index (χ3v) is 4.24. The summed E-state index contributed by atoms with van der Waals surface area (Å²) in [5.74, 6) is -0.390. The quantitative estimate of drug-likeness (QED) is 0.611. The number of nitrogens with one attached hydrogen (secondary N) is 1. The second kappa shape index (κ2) is 8.03. The number of benzene rings is 1. The first-order chi connectivity index (χ1) is 11.0. The molecule has 0 radical (unpaired) electrons. The molecule has 1 N–H and O–H groups in total. The summed E-state index contributed by atoms with van der Waals surface area (Å²) in [6.45, 7) is 4.62. The minimum absolute atomic E-state index is 0.118. The van der Waals surface area contributed by atoms with Crippen LogP contribution < -0.4 is 5.32 Å². The molecule has 0 saturated carbocycles. The molecule has 23 heavy (non-hydrogen) atoms. The van der Waals surface area contributed by atoms with E-state index < -0.39 is 4.92 Å². The van der Waals surface area contributed by atoms with Crippen LogP contribution in [-0.4, -0.2) is 55.1 Å². The van der Waals surface area contributed by atoms with Gasteiger partial charge in [0.05, 0.1) is 11.5 Å². The molecule has 0 bridgehead atoms. The monoisotopic (exact) mass is 321 g/mol. The number of ether oxygens (including phenoxy) is 1. The van der Waals surface area contributed by atoms with Crippen molar-refractivity contribution in [1.29, 1.82) is 0 Å². The van der Waals surface area contributed by atoms with Gasteiger partial charge in [-0.2, -0.15) is 0 Å². The van der Waals surface area contributed by atoms with Gasteiger partial charge in [-0.3, -0.25) is 19.8 Å². The van der Waals surface area contributed by atoms with Gasteiger partial charge in [-0.25, -0.2) is 0 Å². The number of hydrogen-bond acceptors (Lipinski definition) is 5. The third-order valence-electron chi connectivity index (χ3n) is 4.24. The first kappa shape index (κ1) is 17.4. The third kappa shape index (κ3) is 4.27. The largest absolute Gasteiger partial charge is 0.383 e. The van der Waals surface area contributed by atoms with E-state index in [-0.39, 0.29) is 23.2 Å². The molecule has 1 aliphatic rings. The topological polar surface area (TPSA) is 84.7 Å². The zero-order chi connectivity index (χ0) is 16.8. The fourth-order valence-electron chi connectivity index (χ4n) is 3.02. The molecule has 1 saturated heterocycles. The molecule has 7 heteroatoms. The van der Waals surface area contributed by atoms with E-state index >= 15 is 0 Å². The van der Waals surface area contributed by atoms with E-state index in [2.05, 4.69) is 10.2 Å². The number of aryl methyl sites for hydroxylation is 1. The predicted molar refractivity (Wildman–Crippen MR) is 86.6 cm³/mol. The molecule has 1 amide bonds. The Morgan fingerprint density at radius 2 is 2.30 bits per heavy atom. The van der Waals surface area contributed by atoms with Crippen LogP contribution in [0.25, 0.3) is 0 Å². The maximum Gasteiger partial charge on any atom is 0.285 e. The van der Waals surface area contributed by atoms with Gasteiger partial charge in [-0.15, -0.1) is 0 Å². The molecule has 1 fully saturated rings. The summed E-state index contributed by atoms with van der Waals surface area (Å²) in [4.78, 5) is 25.3. The normalized spacial score (nSPS) is 18.1. The molecule has 0 aromatic heterocycles.